The summed E-state index contributed by atoms with van der Waals surface area (Å²) in [5.74, 6) is 0.610. The van der Waals surface area contributed by atoms with Gasteiger partial charge in [-0.25, -0.2) is 4.98 Å². The van der Waals surface area contributed by atoms with Crippen molar-refractivity contribution in [1.82, 2.24) is 19.7 Å². The van der Waals surface area contributed by atoms with Gasteiger partial charge in [-0.2, -0.15) is 13.2 Å². The number of rotatable bonds is 6. The second kappa shape index (κ2) is 8.92. The van der Waals surface area contributed by atoms with E-state index in [9.17, 15) is 18.0 Å². The number of hydrogen-bond acceptors (Lipinski definition) is 6. The van der Waals surface area contributed by atoms with E-state index in [1.807, 2.05) is 12.1 Å². The van der Waals surface area contributed by atoms with Crippen molar-refractivity contribution in [2.45, 2.75) is 11.3 Å². The Kier molecular flexibility index (Phi) is 6.52. The number of halogens is 4. The summed E-state index contributed by atoms with van der Waals surface area (Å²) in [7, 11) is 3.33. The van der Waals surface area contributed by atoms with E-state index in [2.05, 4.69) is 20.5 Å². The molecule has 0 bridgehead atoms. The van der Waals surface area contributed by atoms with E-state index in [4.69, 9.17) is 16.3 Å². The van der Waals surface area contributed by atoms with Gasteiger partial charge in [0.15, 0.2) is 16.8 Å². The molecule has 2 aromatic heterocycles. The minimum absolute atomic E-state index is 0.0619. The Bertz CT molecular complexity index is 1060. The average molecular weight is 458 g/mol. The van der Waals surface area contributed by atoms with Gasteiger partial charge < -0.3 is 14.6 Å². The number of methoxy groups -OCH3 is 1. The van der Waals surface area contributed by atoms with Crippen LogP contribution in [-0.4, -0.2) is 38.5 Å². The number of pyridine rings is 1. The molecule has 7 nitrogen and oxygen atoms in total. The summed E-state index contributed by atoms with van der Waals surface area (Å²) in [6.07, 6.45) is -3.96. The van der Waals surface area contributed by atoms with Crippen molar-refractivity contribution >= 4 is 35.1 Å². The molecular formula is C18H15ClF3N5O2S. The first-order valence-electron chi connectivity index (χ1n) is 8.38. The van der Waals surface area contributed by atoms with Crippen LogP contribution in [0.1, 0.15) is 5.56 Å². The first-order valence-corrected chi connectivity index (χ1v) is 9.74. The van der Waals surface area contributed by atoms with Gasteiger partial charge in [-0.15, -0.1) is 10.2 Å². The van der Waals surface area contributed by atoms with E-state index < -0.39 is 17.6 Å². The van der Waals surface area contributed by atoms with Crippen molar-refractivity contribution in [1.29, 1.82) is 0 Å². The fourth-order valence-corrected chi connectivity index (χ4v) is 3.34. The molecule has 0 radical (unpaired) electrons. The molecule has 1 amide bonds. The van der Waals surface area contributed by atoms with Crippen molar-refractivity contribution in [3.63, 3.8) is 0 Å². The Morgan fingerprint density at radius 3 is 2.57 bits per heavy atom. The van der Waals surface area contributed by atoms with Crippen molar-refractivity contribution in [2.24, 2.45) is 7.05 Å². The molecule has 0 saturated heterocycles. The molecule has 0 unspecified atom stereocenters. The molecule has 0 spiro atoms. The Morgan fingerprint density at radius 2 is 1.97 bits per heavy atom. The molecule has 0 fully saturated rings. The van der Waals surface area contributed by atoms with E-state index in [-0.39, 0.29) is 16.6 Å². The smallest absolute Gasteiger partial charge is 0.417 e. The van der Waals surface area contributed by atoms with Gasteiger partial charge in [-0.05, 0) is 30.3 Å². The first kappa shape index (κ1) is 21.9. The standard InChI is InChI=1S/C18H15ClF3N5O2S/c1-27-16(10-3-5-12(29-2)6-4-10)25-26-17(27)30-9-14(28)24-15-13(19)7-11(8-23-15)18(20,21)22/h3-8H,9H2,1-2H3,(H,23,24,28). The normalized spacial score (nSPS) is 11.4. The molecule has 0 aliphatic heterocycles. The lowest BCUT2D eigenvalue weighted by Crippen LogP contribution is -2.16. The third-order valence-electron chi connectivity index (χ3n) is 3.94. The van der Waals surface area contributed by atoms with Gasteiger partial charge in [0.25, 0.3) is 0 Å². The molecule has 1 N–H and O–H groups in total. The molecule has 3 rings (SSSR count). The summed E-state index contributed by atoms with van der Waals surface area (Å²) in [5, 5.41) is 10.8. The van der Waals surface area contributed by atoms with Gasteiger partial charge in [-0.1, -0.05) is 23.4 Å². The summed E-state index contributed by atoms with van der Waals surface area (Å²) in [6, 6.07) is 7.97. The summed E-state index contributed by atoms with van der Waals surface area (Å²) in [5.41, 5.74) is -0.173. The van der Waals surface area contributed by atoms with Crippen LogP contribution in [0.4, 0.5) is 19.0 Å². The molecule has 3 aromatic rings. The number of nitrogens with one attached hydrogen (secondary N) is 1. The molecule has 1 aromatic carbocycles. The molecule has 30 heavy (non-hydrogen) atoms. The average Bonchev–Trinajstić information content (AvgIpc) is 3.07. The fourth-order valence-electron chi connectivity index (χ4n) is 2.42. The van der Waals surface area contributed by atoms with Gasteiger partial charge >= 0.3 is 6.18 Å². The molecule has 12 heteroatoms. The number of benzene rings is 1. The lowest BCUT2D eigenvalue weighted by Gasteiger charge is -2.10. The highest BCUT2D eigenvalue weighted by molar-refractivity contribution is 7.99. The van der Waals surface area contributed by atoms with Crippen LogP contribution in [0.3, 0.4) is 0 Å². The van der Waals surface area contributed by atoms with Crippen LogP contribution in [-0.2, 0) is 18.0 Å². The first-order chi connectivity index (χ1) is 14.2. The number of alkyl halides is 3. The van der Waals surface area contributed by atoms with Gasteiger partial charge in [-0.3, -0.25) is 4.79 Å². The number of aromatic nitrogens is 4. The quantitative estimate of drug-likeness (QED) is 0.556. The highest BCUT2D eigenvalue weighted by atomic mass is 35.5. The number of carbonyl (C=O) groups is 1. The van der Waals surface area contributed by atoms with E-state index in [0.29, 0.717) is 29.0 Å². The largest absolute Gasteiger partial charge is 0.497 e. The number of ether oxygens (including phenoxy) is 1. The Hall–Kier alpha value is -2.79. The van der Waals surface area contributed by atoms with Crippen LogP contribution in [0.25, 0.3) is 11.4 Å². The molecule has 0 aliphatic rings. The van der Waals surface area contributed by atoms with Crippen LogP contribution >= 0.6 is 23.4 Å². The SMILES string of the molecule is COc1ccc(-c2nnc(SCC(=O)Nc3ncc(C(F)(F)F)cc3Cl)n2C)cc1. The summed E-state index contributed by atoms with van der Waals surface area (Å²) < 4.78 is 44.8. The molecule has 2 heterocycles. The van der Waals surface area contributed by atoms with Crippen molar-refractivity contribution in [2.75, 3.05) is 18.2 Å². The highest BCUT2D eigenvalue weighted by Gasteiger charge is 2.31. The lowest BCUT2D eigenvalue weighted by molar-refractivity contribution is -0.137. The number of hydrogen-bond donors (Lipinski definition) is 1. The van der Waals surface area contributed by atoms with E-state index in [1.165, 1.54) is 0 Å². The number of thioether (sulfide) groups is 1. The van der Waals surface area contributed by atoms with Crippen LogP contribution in [0, 0.1) is 0 Å². The third kappa shape index (κ3) is 5.03. The zero-order valence-corrected chi connectivity index (χ0v) is 17.3. The highest BCUT2D eigenvalue weighted by Crippen LogP contribution is 2.32. The van der Waals surface area contributed by atoms with Gasteiger partial charge in [0.1, 0.15) is 5.75 Å². The van der Waals surface area contributed by atoms with Gasteiger partial charge in [0.2, 0.25) is 5.91 Å². The maximum atomic E-state index is 12.7. The number of anilines is 1. The number of carbonyl (C=O) groups excluding carboxylic acids is 1. The molecule has 0 aliphatic carbocycles. The zero-order valence-electron chi connectivity index (χ0n) is 15.7. The predicted molar refractivity (Wildman–Crippen MR) is 107 cm³/mol. The lowest BCUT2D eigenvalue weighted by atomic mass is 10.2. The molecular weight excluding hydrogens is 443 g/mol. The van der Waals surface area contributed by atoms with Crippen molar-refractivity contribution < 1.29 is 22.7 Å². The third-order valence-corrected chi connectivity index (χ3v) is 5.25. The maximum absolute atomic E-state index is 12.7. The molecule has 158 valence electrons. The van der Waals surface area contributed by atoms with E-state index >= 15 is 0 Å². The number of nitrogens with zero attached hydrogens (tertiary/aromatic N) is 4. The van der Waals surface area contributed by atoms with Crippen molar-refractivity contribution in [3.05, 3.63) is 47.1 Å². The van der Waals surface area contributed by atoms with Gasteiger partial charge in [0.05, 0.1) is 23.4 Å². The summed E-state index contributed by atoms with van der Waals surface area (Å²) >= 11 is 6.91. The molecule has 0 atom stereocenters. The predicted octanol–water partition coefficient (Wildman–Crippen LogP) is 4.29. The van der Waals surface area contributed by atoms with Crippen LogP contribution in [0.5, 0.6) is 5.75 Å². The monoisotopic (exact) mass is 457 g/mol. The topological polar surface area (TPSA) is 81.9 Å². The minimum Gasteiger partial charge on any atom is -0.497 e. The second-order valence-corrected chi connectivity index (χ2v) is 7.33. The summed E-state index contributed by atoms with van der Waals surface area (Å²) in [6.45, 7) is 0. The summed E-state index contributed by atoms with van der Waals surface area (Å²) in [4.78, 5) is 15.7. The van der Waals surface area contributed by atoms with Crippen LogP contribution in [0.15, 0.2) is 41.7 Å². The van der Waals surface area contributed by atoms with Crippen LogP contribution < -0.4 is 10.1 Å². The van der Waals surface area contributed by atoms with Crippen LogP contribution in [0.2, 0.25) is 5.02 Å². The Labute approximate surface area is 178 Å². The number of amides is 1. The second-order valence-electron chi connectivity index (χ2n) is 5.98. The van der Waals surface area contributed by atoms with E-state index in [0.717, 1.165) is 17.3 Å². The van der Waals surface area contributed by atoms with Gasteiger partial charge in [0, 0.05) is 18.8 Å². The Morgan fingerprint density at radius 1 is 1.27 bits per heavy atom. The maximum Gasteiger partial charge on any atom is 0.417 e. The minimum atomic E-state index is -4.57. The van der Waals surface area contributed by atoms with E-state index in [1.54, 1.807) is 30.9 Å². The fraction of sp³-hybridized carbons (Fsp3) is 0.222. The molecule has 0 saturated carbocycles. The zero-order chi connectivity index (χ0) is 21.9. The van der Waals surface area contributed by atoms with Crippen molar-refractivity contribution in [3.8, 4) is 17.1 Å². The Balaban J connectivity index is 1.63.